The lowest BCUT2D eigenvalue weighted by Gasteiger charge is -2.37. The van der Waals surface area contributed by atoms with Crippen LogP contribution in [0.5, 0.6) is 0 Å². The van der Waals surface area contributed by atoms with E-state index in [1.54, 1.807) is 6.07 Å². The van der Waals surface area contributed by atoms with Gasteiger partial charge in [0.05, 0.1) is 6.42 Å². The maximum Gasteiger partial charge on any atom is 0.303 e. The molecule has 1 atom stereocenters. The van der Waals surface area contributed by atoms with Gasteiger partial charge < -0.3 is 10.0 Å². The van der Waals surface area contributed by atoms with Gasteiger partial charge in [0, 0.05) is 17.8 Å². The first-order valence-corrected chi connectivity index (χ1v) is 6.16. The Labute approximate surface area is 106 Å². The van der Waals surface area contributed by atoms with Gasteiger partial charge in [-0.15, -0.1) is 0 Å². The van der Waals surface area contributed by atoms with Crippen molar-refractivity contribution in [3.8, 4) is 0 Å². The van der Waals surface area contributed by atoms with Crippen LogP contribution in [0.2, 0.25) is 0 Å². The Kier molecular flexibility index (Phi) is 3.28. The van der Waals surface area contributed by atoms with Crippen LogP contribution in [0.25, 0.3) is 0 Å². The maximum absolute atomic E-state index is 13.3. The third-order valence-corrected chi connectivity index (χ3v) is 3.94. The molecule has 1 aliphatic rings. The molecule has 1 unspecified atom stereocenters. The number of hydrogen-bond donors (Lipinski definition) is 1. The molecule has 1 aromatic rings. The lowest BCUT2D eigenvalue weighted by atomic mass is 9.85. The number of carboxylic acid groups (broad SMARTS) is 1. The summed E-state index contributed by atoms with van der Waals surface area (Å²) in [7, 11) is 0. The molecule has 0 aromatic heterocycles. The van der Waals surface area contributed by atoms with Gasteiger partial charge in [-0.1, -0.05) is 6.07 Å². The second-order valence-corrected chi connectivity index (χ2v) is 5.37. The molecule has 4 heteroatoms. The minimum atomic E-state index is -0.769. The number of halogens is 1. The summed E-state index contributed by atoms with van der Waals surface area (Å²) < 4.78 is 13.3. The van der Waals surface area contributed by atoms with Crippen molar-refractivity contribution in [2.45, 2.75) is 32.2 Å². The Morgan fingerprint density at radius 3 is 2.89 bits per heavy atom. The molecule has 0 spiro atoms. The van der Waals surface area contributed by atoms with E-state index in [9.17, 15) is 9.18 Å². The molecule has 1 saturated heterocycles. The van der Waals surface area contributed by atoms with Gasteiger partial charge in [-0.05, 0) is 44.4 Å². The number of aliphatic carboxylic acids is 1. The molecule has 1 N–H and O–H groups in total. The average Bonchev–Trinajstić information content (AvgIpc) is 2.54. The number of carbonyl (C=O) groups is 1. The minimum absolute atomic E-state index is 0.0956. The van der Waals surface area contributed by atoms with Crippen molar-refractivity contribution in [2.75, 3.05) is 11.4 Å². The van der Waals surface area contributed by atoms with Crippen molar-refractivity contribution in [3.05, 3.63) is 30.1 Å². The molecule has 0 radical (unpaired) electrons. The van der Waals surface area contributed by atoms with Crippen LogP contribution in [-0.4, -0.2) is 23.2 Å². The number of rotatable bonds is 3. The lowest BCUT2D eigenvalue weighted by Crippen LogP contribution is -2.43. The molecule has 1 heterocycles. The van der Waals surface area contributed by atoms with E-state index < -0.39 is 5.97 Å². The van der Waals surface area contributed by atoms with Crippen LogP contribution in [0.15, 0.2) is 24.3 Å². The van der Waals surface area contributed by atoms with Gasteiger partial charge in [0.25, 0.3) is 0 Å². The van der Waals surface area contributed by atoms with Crippen LogP contribution in [0.3, 0.4) is 0 Å². The number of hydrogen-bond acceptors (Lipinski definition) is 2. The highest BCUT2D eigenvalue weighted by Gasteiger charge is 2.42. The van der Waals surface area contributed by atoms with Crippen molar-refractivity contribution in [3.63, 3.8) is 0 Å². The zero-order valence-electron chi connectivity index (χ0n) is 10.7. The molecule has 3 nitrogen and oxygen atoms in total. The zero-order valence-corrected chi connectivity index (χ0v) is 10.7. The molecular weight excluding hydrogens is 233 g/mol. The monoisotopic (exact) mass is 251 g/mol. The number of carboxylic acids is 1. The van der Waals surface area contributed by atoms with Gasteiger partial charge >= 0.3 is 5.97 Å². The van der Waals surface area contributed by atoms with Crippen molar-refractivity contribution in [2.24, 2.45) is 5.92 Å². The highest BCUT2D eigenvalue weighted by atomic mass is 19.1. The van der Waals surface area contributed by atoms with E-state index in [1.807, 2.05) is 19.9 Å². The third kappa shape index (κ3) is 2.33. The second kappa shape index (κ2) is 4.59. The van der Waals surface area contributed by atoms with E-state index in [-0.39, 0.29) is 23.7 Å². The SMILES string of the molecule is CC1(C)C(CC(=O)O)CCN1c1cccc(F)c1. The summed E-state index contributed by atoms with van der Waals surface area (Å²) in [6, 6.07) is 6.48. The van der Waals surface area contributed by atoms with Crippen molar-refractivity contribution in [1.82, 2.24) is 0 Å². The Hall–Kier alpha value is -1.58. The summed E-state index contributed by atoms with van der Waals surface area (Å²) in [6.45, 7) is 4.82. The fourth-order valence-corrected chi connectivity index (χ4v) is 2.82. The first-order valence-electron chi connectivity index (χ1n) is 6.16. The van der Waals surface area contributed by atoms with Gasteiger partial charge in [-0.25, -0.2) is 4.39 Å². The second-order valence-electron chi connectivity index (χ2n) is 5.37. The van der Waals surface area contributed by atoms with E-state index in [0.717, 1.165) is 18.7 Å². The van der Waals surface area contributed by atoms with E-state index in [1.165, 1.54) is 12.1 Å². The van der Waals surface area contributed by atoms with Crippen LogP contribution in [0, 0.1) is 11.7 Å². The van der Waals surface area contributed by atoms with Gasteiger partial charge in [0.2, 0.25) is 0 Å². The summed E-state index contributed by atoms with van der Waals surface area (Å²) in [4.78, 5) is 13.0. The molecule has 1 fully saturated rings. The van der Waals surface area contributed by atoms with Crippen LogP contribution in [-0.2, 0) is 4.79 Å². The Balaban J connectivity index is 2.23. The van der Waals surface area contributed by atoms with Crippen LogP contribution >= 0.6 is 0 Å². The van der Waals surface area contributed by atoms with Gasteiger partial charge in [-0.3, -0.25) is 4.79 Å². The molecular formula is C14H18FNO2. The van der Waals surface area contributed by atoms with Crippen molar-refractivity contribution < 1.29 is 14.3 Å². The molecule has 0 saturated carbocycles. The molecule has 1 aromatic carbocycles. The standard InChI is InChI=1S/C14H18FNO2/c1-14(2)10(8-13(17)18)6-7-16(14)12-5-3-4-11(15)9-12/h3-5,9-10H,6-8H2,1-2H3,(H,17,18). The molecule has 18 heavy (non-hydrogen) atoms. The Bertz CT molecular complexity index is 459. The molecule has 0 amide bonds. The molecule has 1 aliphatic heterocycles. The van der Waals surface area contributed by atoms with Gasteiger partial charge in [0.1, 0.15) is 5.82 Å². The maximum atomic E-state index is 13.3. The van der Waals surface area contributed by atoms with E-state index in [0.29, 0.717) is 0 Å². The van der Waals surface area contributed by atoms with E-state index in [4.69, 9.17) is 5.11 Å². The molecule has 0 aliphatic carbocycles. The van der Waals surface area contributed by atoms with Crippen LogP contribution < -0.4 is 4.90 Å². The number of anilines is 1. The predicted octanol–water partition coefficient (Wildman–Crippen LogP) is 2.91. The summed E-state index contributed by atoms with van der Waals surface area (Å²) in [6.07, 6.45) is 0.995. The summed E-state index contributed by atoms with van der Waals surface area (Å²) in [5.41, 5.74) is 0.569. The fourth-order valence-electron chi connectivity index (χ4n) is 2.82. The largest absolute Gasteiger partial charge is 0.481 e. The number of nitrogens with zero attached hydrogens (tertiary/aromatic N) is 1. The topological polar surface area (TPSA) is 40.5 Å². The average molecular weight is 251 g/mol. The third-order valence-electron chi connectivity index (χ3n) is 3.94. The minimum Gasteiger partial charge on any atom is -0.481 e. The van der Waals surface area contributed by atoms with Crippen molar-refractivity contribution >= 4 is 11.7 Å². The van der Waals surface area contributed by atoms with Gasteiger partial charge in [-0.2, -0.15) is 0 Å². The number of benzene rings is 1. The lowest BCUT2D eigenvalue weighted by molar-refractivity contribution is -0.138. The first-order chi connectivity index (χ1) is 8.41. The normalized spacial score (nSPS) is 22.2. The summed E-state index contributed by atoms with van der Waals surface area (Å²) in [5.74, 6) is -0.933. The first kappa shape index (κ1) is 12.9. The molecule has 98 valence electrons. The zero-order chi connectivity index (χ0) is 13.3. The van der Waals surface area contributed by atoms with Crippen LogP contribution in [0.4, 0.5) is 10.1 Å². The van der Waals surface area contributed by atoms with Crippen molar-refractivity contribution in [1.29, 1.82) is 0 Å². The quantitative estimate of drug-likeness (QED) is 0.898. The highest BCUT2D eigenvalue weighted by Crippen LogP contribution is 2.39. The molecule has 0 bridgehead atoms. The Morgan fingerprint density at radius 1 is 1.56 bits per heavy atom. The summed E-state index contributed by atoms with van der Waals surface area (Å²) in [5, 5.41) is 8.93. The molecule has 2 rings (SSSR count). The fraction of sp³-hybridized carbons (Fsp3) is 0.500. The van der Waals surface area contributed by atoms with Gasteiger partial charge in [0.15, 0.2) is 0 Å². The highest BCUT2D eigenvalue weighted by molar-refractivity contribution is 5.68. The van der Waals surface area contributed by atoms with E-state index >= 15 is 0 Å². The summed E-state index contributed by atoms with van der Waals surface area (Å²) >= 11 is 0. The van der Waals surface area contributed by atoms with E-state index in [2.05, 4.69) is 4.90 Å². The van der Waals surface area contributed by atoms with Crippen LogP contribution in [0.1, 0.15) is 26.7 Å². The predicted molar refractivity (Wildman–Crippen MR) is 68.2 cm³/mol. The Morgan fingerprint density at radius 2 is 2.28 bits per heavy atom. The smallest absolute Gasteiger partial charge is 0.303 e.